The highest BCUT2D eigenvalue weighted by molar-refractivity contribution is 7.92. The Bertz CT molecular complexity index is 1370. The first-order valence-electron chi connectivity index (χ1n) is 10.1. The van der Waals surface area contributed by atoms with Crippen molar-refractivity contribution < 1.29 is 13.2 Å². The van der Waals surface area contributed by atoms with E-state index < -0.39 is 10.0 Å². The molecule has 4 rings (SSSR count). The Hall–Kier alpha value is -3.46. The lowest BCUT2D eigenvalue weighted by molar-refractivity contribution is 0.415. The zero-order valence-electron chi connectivity index (χ0n) is 18.6. The van der Waals surface area contributed by atoms with Crippen molar-refractivity contribution in [2.75, 3.05) is 11.8 Å². The molecule has 0 aliphatic carbocycles. The van der Waals surface area contributed by atoms with Crippen molar-refractivity contribution in [3.8, 4) is 17.1 Å². The topological polar surface area (TPSA) is 99.0 Å². The van der Waals surface area contributed by atoms with Gasteiger partial charge < -0.3 is 9.30 Å². The van der Waals surface area contributed by atoms with Crippen molar-refractivity contribution in [3.05, 3.63) is 60.4 Å². The van der Waals surface area contributed by atoms with Gasteiger partial charge >= 0.3 is 0 Å². The van der Waals surface area contributed by atoms with E-state index in [1.807, 2.05) is 43.4 Å². The van der Waals surface area contributed by atoms with Crippen molar-refractivity contribution >= 4 is 27.0 Å². The number of anilines is 1. The first-order valence-corrected chi connectivity index (χ1v) is 11.5. The van der Waals surface area contributed by atoms with Crippen LogP contribution in [-0.2, 0) is 22.5 Å². The fourth-order valence-electron chi connectivity index (χ4n) is 3.39. The molecule has 0 unspecified atom stereocenters. The molecule has 2 heterocycles. The smallest absolute Gasteiger partial charge is 0.263 e. The van der Waals surface area contributed by atoms with Crippen LogP contribution in [-0.4, -0.2) is 35.0 Å². The van der Waals surface area contributed by atoms with E-state index in [1.54, 1.807) is 23.8 Å². The summed E-state index contributed by atoms with van der Waals surface area (Å²) in [6.45, 7) is 6.23. The Kier molecular flexibility index (Phi) is 5.37. The van der Waals surface area contributed by atoms with Crippen LogP contribution in [0, 0.1) is 0 Å². The van der Waals surface area contributed by atoms with E-state index in [2.05, 4.69) is 40.4 Å². The van der Waals surface area contributed by atoms with Crippen LogP contribution >= 0.6 is 0 Å². The Morgan fingerprint density at radius 3 is 2.22 bits per heavy atom. The van der Waals surface area contributed by atoms with E-state index in [0.29, 0.717) is 17.0 Å². The third kappa shape index (κ3) is 4.03. The maximum absolute atomic E-state index is 13.0. The number of nitrogens with zero attached hydrogens (tertiary/aromatic N) is 4. The molecule has 32 heavy (non-hydrogen) atoms. The van der Waals surface area contributed by atoms with Crippen LogP contribution in [0.25, 0.3) is 22.6 Å². The minimum Gasteiger partial charge on any atom is -0.497 e. The molecule has 0 saturated carbocycles. The van der Waals surface area contributed by atoms with E-state index in [-0.39, 0.29) is 16.1 Å². The lowest BCUT2D eigenvalue weighted by atomic mass is 9.87. The molecule has 2 aromatic carbocycles. The zero-order valence-corrected chi connectivity index (χ0v) is 19.4. The fraction of sp³-hybridized carbons (Fsp3) is 0.261. The molecule has 0 radical (unpaired) electrons. The van der Waals surface area contributed by atoms with E-state index in [4.69, 9.17) is 4.74 Å². The molecule has 0 fully saturated rings. The van der Waals surface area contributed by atoms with Gasteiger partial charge in [0.05, 0.1) is 12.0 Å². The summed E-state index contributed by atoms with van der Waals surface area (Å²) >= 11 is 0. The molecule has 4 aromatic rings. The molecule has 0 spiro atoms. The van der Waals surface area contributed by atoms with E-state index >= 15 is 0 Å². The van der Waals surface area contributed by atoms with Gasteiger partial charge in [0.1, 0.15) is 17.9 Å². The van der Waals surface area contributed by atoms with Gasteiger partial charge in [0.15, 0.2) is 17.0 Å². The van der Waals surface area contributed by atoms with Crippen molar-refractivity contribution in [1.29, 1.82) is 0 Å². The van der Waals surface area contributed by atoms with Gasteiger partial charge in [-0.05, 0) is 47.4 Å². The van der Waals surface area contributed by atoms with Crippen LogP contribution in [0.15, 0.2) is 59.8 Å². The lowest BCUT2D eigenvalue weighted by Crippen LogP contribution is -2.16. The van der Waals surface area contributed by atoms with Gasteiger partial charge in [-0.15, -0.1) is 0 Å². The number of nitrogens with one attached hydrogen (secondary N) is 1. The number of hydrogen-bond donors (Lipinski definition) is 1. The van der Waals surface area contributed by atoms with Crippen LogP contribution in [0.5, 0.6) is 5.75 Å². The highest BCUT2D eigenvalue weighted by Gasteiger charge is 2.21. The standard InChI is InChI=1S/C23H25N5O3S/c1-23(2,3)16-8-12-18(13-9-16)32(29,30)27-20-19-22(25-14-24-20)28(4)21(26-19)15-6-10-17(31-5)11-7-15/h6-14H,1-5H3,(H,24,25,27). The predicted octanol–water partition coefficient (Wildman–Crippen LogP) is 4.14. The number of imidazole rings is 1. The normalized spacial score (nSPS) is 12.2. The number of benzene rings is 2. The van der Waals surface area contributed by atoms with Crippen molar-refractivity contribution in [2.24, 2.45) is 7.05 Å². The van der Waals surface area contributed by atoms with Crippen LogP contribution < -0.4 is 9.46 Å². The Morgan fingerprint density at radius 2 is 1.62 bits per heavy atom. The van der Waals surface area contributed by atoms with Gasteiger partial charge in [-0.1, -0.05) is 32.9 Å². The number of sulfonamides is 1. The monoisotopic (exact) mass is 451 g/mol. The summed E-state index contributed by atoms with van der Waals surface area (Å²) in [4.78, 5) is 13.2. The van der Waals surface area contributed by atoms with Gasteiger partial charge in [-0.2, -0.15) is 0 Å². The molecule has 0 bridgehead atoms. The second-order valence-electron chi connectivity index (χ2n) is 8.50. The number of ether oxygens (including phenoxy) is 1. The number of methoxy groups -OCH3 is 1. The van der Waals surface area contributed by atoms with Crippen molar-refractivity contribution in [2.45, 2.75) is 31.1 Å². The average Bonchev–Trinajstić information content (AvgIpc) is 3.11. The van der Waals surface area contributed by atoms with Crippen LogP contribution in [0.4, 0.5) is 5.82 Å². The van der Waals surface area contributed by atoms with Gasteiger partial charge in [-0.25, -0.2) is 23.4 Å². The fourth-order valence-corrected chi connectivity index (χ4v) is 4.41. The Balaban J connectivity index is 1.71. The van der Waals surface area contributed by atoms with E-state index in [0.717, 1.165) is 16.9 Å². The molecule has 2 aromatic heterocycles. The van der Waals surface area contributed by atoms with Gasteiger partial charge in [0.2, 0.25) is 0 Å². The van der Waals surface area contributed by atoms with Gasteiger partial charge in [0.25, 0.3) is 10.0 Å². The maximum atomic E-state index is 13.0. The van der Waals surface area contributed by atoms with E-state index in [9.17, 15) is 8.42 Å². The summed E-state index contributed by atoms with van der Waals surface area (Å²) in [5.74, 6) is 1.50. The second kappa shape index (κ2) is 7.90. The minimum absolute atomic E-state index is 0.0691. The van der Waals surface area contributed by atoms with Gasteiger partial charge in [0, 0.05) is 12.6 Å². The van der Waals surface area contributed by atoms with Gasteiger partial charge in [-0.3, -0.25) is 4.72 Å². The molecule has 166 valence electrons. The first kappa shape index (κ1) is 21.8. The summed E-state index contributed by atoms with van der Waals surface area (Å²) in [5, 5.41) is 0. The van der Waals surface area contributed by atoms with Crippen LogP contribution in [0.1, 0.15) is 26.3 Å². The molecule has 0 aliphatic heterocycles. The summed E-state index contributed by atoms with van der Waals surface area (Å²) in [6, 6.07) is 14.3. The molecule has 1 N–H and O–H groups in total. The quantitative estimate of drug-likeness (QED) is 0.490. The minimum atomic E-state index is -3.85. The third-order valence-corrected chi connectivity index (χ3v) is 6.62. The second-order valence-corrected chi connectivity index (χ2v) is 10.2. The molecule has 0 aliphatic rings. The van der Waals surface area contributed by atoms with Crippen LogP contribution in [0.3, 0.4) is 0 Å². The average molecular weight is 452 g/mol. The van der Waals surface area contributed by atoms with Crippen LogP contribution in [0.2, 0.25) is 0 Å². The summed E-state index contributed by atoms with van der Waals surface area (Å²) in [7, 11) is -0.420. The number of hydrogen-bond acceptors (Lipinski definition) is 6. The largest absolute Gasteiger partial charge is 0.497 e. The zero-order chi connectivity index (χ0) is 23.1. The summed E-state index contributed by atoms with van der Waals surface area (Å²) in [5.41, 5.74) is 2.72. The first-order chi connectivity index (χ1) is 15.1. The van der Waals surface area contributed by atoms with Crippen molar-refractivity contribution in [1.82, 2.24) is 19.5 Å². The number of rotatable bonds is 5. The maximum Gasteiger partial charge on any atom is 0.263 e. The molecule has 0 saturated heterocycles. The number of fused-ring (bicyclic) bond motifs is 1. The molecule has 0 amide bonds. The summed E-state index contributed by atoms with van der Waals surface area (Å²) in [6.07, 6.45) is 1.32. The number of aromatic nitrogens is 4. The van der Waals surface area contributed by atoms with Crippen molar-refractivity contribution in [3.63, 3.8) is 0 Å². The lowest BCUT2D eigenvalue weighted by Gasteiger charge is -2.19. The Labute approximate surface area is 187 Å². The molecular weight excluding hydrogens is 426 g/mol. The highest BCUT2D eigenvalue weighted by Crippen LogP contribution is 2.29. The highest BCUT2D eigenvalue weighted by atomic mass is 32.2. The third-order valence-electron chi connectivity index (χ3n) is 5.27. The SMILES string of the molecule is COc1ccc(-c2nc3c(NS(=O)(=O)c4ccc(C(C)(C)C)cc4)ncnc3n2C)cc1. The molecule has 9 heteroatoms. The molecular formula is C23H25N5O3S. The molecule has 8 nitrogen and oxygen atoms in total. The number of aryl methyl sites for hydroxylation is 1. The summed E-state index contributed by atoms with van der Waals surface area (Å²) < 4.78 is 35.6. The molecule has 0 atom stereocenters. The van der Waals surface area contributed by atoms with E-state index in [1.165, 1.54) is 6.33 Å². The Morgan fingerprint density at radius 1 is 0.969 bits per heavy atom. The predicted molar refractivity (Wildman–Crippen MR) is 124 cm³/mol.